The van der Waals surface area contributed by atoms with E-state index in [4.69, 9.17) is 5.73 Å². The van der Waals surface area contributed by atoms with E-state index in [1.807, 2.05) is 26.2 Å². The summed E-state index contributed by atoms with van der Waals surface area (Å²) >= 11 is 0. The molecule has 0 spiro atoms. The molecule has 1 amide bonds. The van der Waals surface area contributed by atoms with Gasteiger partial charge in [-0.3, -0.25) is 9.69 Å². The first-order chi connectivity index (χ1) is 8.61. The first kappa shape index (κ1) is 13.1. The first-order valence-corrected chi connectivity index (χ1v) is 6.35. The van der Waals surface area contributed by atoms with Crippen molar-refractivity contribution < 1.29 is 4.79 Å². The second-order valence-corrected chi connectivity index (χ2v) is 5.00. The molecule has 0 radical (unpaired) electrons. The lowest BCUT2D eigenvalue weighted by Gasteiger charge is -2.22. The average molecular weight is 247 g/mol. The van der Waals surface area contributed by atoms with Crippen LogP contribution in [0.25, 0.3) is 0 Å². The van der Waals surface area contributed by atoms with Crippen molar-refractivity contribution in [1.29, 1.82) is 0 Å². The number of nitrogens with two attached hydrogens (primary N) is 1. The number of rotatable bonds is 4. The predicted molar refractivity (Wildman–Crippen MR) is 71.8 cm³/mol. The van der Waals surface area contributed by atoms with Crippen molar-refractivity contribution in [3.05, 3.63) is 35.4 Å². The molecule has 2 rings (SSSR count). The highest BCUT2D eigenvalue weighted by Gasteiger charge is 2.31. The topological polar surface area (TPSA) is 49.6 Å². The molecule has 1 saturated heterocycles. The number of hydrogen-bond donors (Lipinski definition) is 1. The summed E-state index contributed by atoms with van der Waals surface area (Å²) in [4.78, 5) is 15.8. The second kappa shape index (κ2) is 5.50. The minimum absolute atomic E-state index is 0.0317. The van der Waals surface area contributed by atoms with Gasteiger partial charge in [-0.1, -0.05) is 24.3 Å². The van der Waals surface area contributed by atoms with E-state index < -0.39 is 0 Å². The highest BCUT2D eigenvalue weighted by Crippen LogP contribution is 2.17. The Kier molecular flexibility index (Phi) is 3.99. The van der Waals surface area contributed by atoms with Gasteiger partial charge in [-0.15, -0.1) is 0 Å². The van der Waals surface area contributed by atoms with E-state index in [0.717, 1.165) is 25.1 Å². The maximum absolute atomic E-state index is 11.9. The lowest BCUT2D eigenvalue weighted by atomic mass is 10.1. The maximum Gasteiger partial charge on any atom is 0.239 e. The van der Waals surface area contributed by atoms with Crippen LogP contribution in [0.4, 0.5) is 0 Å². The molecule has 1 unspecified atom stereocenters. The Balaban J connectivity index is 1.98. The zero-order chi connectivity index (χ0) is 13.1. The third-order valence-corrected chi connectivity index (χ3v) is 3.62. The fourth-order valence-electron chi connectivity index (χ4n) is 2.39. The van der Waals surface area contributed by atoms with E-state index in [9.17, 15) is 4.79 Å². The smallest absolute Gasteiger partial charge is 0.239 e. The predicted octanol–water partition coefficient (Wildman–Crippen LogP) is 0.808. The molecule has 1 aliphatic heterocycles. The average Bonchev–Trinajstić information content (AvgIpc) is 2.71. The molecular formula is C14H21N3O. The molecule has 1 fully saturated rings. The van der Waals surface area contributed by atoms with E-state index in [-0.39, 0.29) is 11.9 Å². The van der Waals surface area contributed by atoms with Crippen LogP contribution >= 0.6 is 0 Å². The van der Waals surface area contributed by atoms with Crippen molar-refractivity contribution in [3.63, 3.8) is 0 Å². The Hall–Kier alpha value is -1.39. The largest absolute Gasteiger partial charge is 0.344 e. The standard InChI is InChI=1S/C14H21N3O/c1-16-8-7-13(14(16)18)17(2)10-12-5-3-11(9-15)4-6-12/h3-6,13H,7-10,15H2,1-2H3. The van der Waals surface area contributed by atoms with Gasteiger partial charge in [-0.25, -0.2) is 0 Å². The first-order valence-electron chi connectivity index (χ1n) is 6.35. The summed E-state index contributed by atoms with van der Waals surface area (Å²) in [5, 5.41) is 0. The molecule has 1 aromatic rings. The third-order valence-electron chi connectivity index (χ3n) is 3.62. The third kappa shape index (κ3) is 2.71. The molecular weight excluding hydrogens is 226 g/mol. The van der Waals surface area contributed by atoms with Gasteiger partial charge in [0.15, 0.2) is 0 Å². The zero-order valence-electron chi connectivity index (χ0n) is 11.1. The number of carbonyl (C=O) groups is 1. The SMILES string of the molecule is CN1CCC(N(C)Cc2ccc(CN)cc2)C1=O. The highest BCUT2D eigenvalue weighted by molar-refractivity contribution is 5.83. The number of hydrogen-bond acceptors (Lipinski definition) is 3. The highest BCUT2D eigenvalue weighted by atomic mass is 16.2. The van der Waals surface area contributed by atoms with Crippen LogP contribution in [0, 0.1) is 0 Å². The number of likely N-dealkylation sites (tertiary alicyclic amines) is 1. The van der Waals surface area contributed by atoms with Crippen molar-refractivity contribution >= 4 is 5.91 Å². The lowest BCUT2D eigenvalue weighted by molar-refractivity contribution is -0.130. The molecule has 1 heterocycles. The van der Waals surface area contributed by atoms with Crippen molar-refractivity contribution in [3.8, 4) is 0 Å². The lowest BCUT2D eigenvalue weighted by Crippen LogP contribution is -2.38. The molecule has 0 saturated carbocycles. The van der Waals surface area contributed by atoms with Crippen molar-refractivity contribution in [2.75, 3.05) is 20.6 Å². The molecule has 1 aromatic carbocycles. The molecule has 4 heteroatoms. The van der Waals surface area contributed by atoms with Gasteiger partial charge in [0.05, 0.1) is 6.04 Å². The van der Waals surface area contributed by atoms with E-state index in [2.05, 4.69) is 17.0 Å². The number of amides is 1. The van der Waals surface area contributed by atoms with E-state index in [0.29, 0.717) is 6.54 Å². The quantitative estimate of drug-likeness (QED) is 0.856. The summed E-state index contributed by atoms with van der Waals surface area (Å²) in [6.07, 6.45) is 0.923. The number of likely N-dealkylation sites (N-methyl/N-ethyl adjacent to an activating group) is 2. The fraction of sp³-hybridized carbons (Fsp3) is 0.500. The summed E-state index contributed by atoms with van der Waals surface area (Å²) in [5.41, 5.74) is 7.93. The summed E-state index contributed by atoms with van der Waals surface area (Å²) in [6, 6.07) is 8.30. The molecule has 1 atom stereocenters. The Morgan fingerprint density at radius 2 is 1.94 bits per heavy atom. The van der Waals surface area contributed by atoms with Gasteiger partial charge >= 0.3 is 0 Å². The Morgan fingerprint density at radius 3 is 2.44 bits per heavy atom. The zero-order valence-corrected chi connectivity index (χ0v) is 11.1. The van der Waals surface area contributed by atoms with Gasteiger partial charge < -0.3 is 10.6 Å². The van der Waals surface area contributed by atoms with Crippen LogP contribution in [-0.2, 0) is 17.9 Å². The maximum atomic E-state index is 11.9. The van der Waals surface area contributed by atoms with Gasteiger partial charge in [-0.05, 0) is 24.6 Å². The molecule has 4 nitrogen and oxygen atoms in total. The number of benzene rings is 1. The van der Waals surface area contributed by atoms with Gasteiger partial charge in [0.1, 0.15) is 0 Å². The van der Waals surface area contributed by atoms with Crippen LogP contribution in [0.2, 0.25) is 0 Å². The Bertz CT molecular complexity index is 416. The van der Waals surface area contributed by atoms with Crippen molar-refractivity contribution in [2.24, 2.45) is 5.73 Å². The summed E-state index contributed by atoms with van der Waals surface area (Å²) in [7, 11) is 3.88. The van der Waals surface area contributed by atoms with Crippen LogP contribution < -0.4 is 5.73 Å². The van der Waals surface area contributed by atoms with E-state index in [1.165, 1.54) is 5.56 Å². The van der Waals surface area contributed by atoms with Crippen LogP contribution in [0.15, 0.2) is 24.3 Å². The number of carbonyl (C=O) groups excluding carboxylic acids is 1. The van der Waals surface area contributed by atoms with Gasteiger partial charge in [-0.2, -0.15) is 0 Å². The summed E-state index contributed by atoms with van der Waals surface area (Å²) in [5.74, 6) is 0.232. The summed E-state index contributed by atoms with van der Waals surface area (Å²) in [6.45, 7) is 2.23. The van der Waals surface area contributed by atoms with Crippen LogP contribution in [0.5, 0.6) is 0 Å². The minimum Gasteiger partial charge on any atom is -0.344 e. The van der Waals surface area contributed by atoms with Crippen LogP contribution in [-0.4, -0.2) is 42.4 Å². The van der Waals surface area contributed by atoms with Gasteiger partial charge in [0.25, 0.3) is 0 Å². The molecule has 0 aliphatic carbocycles. The van der Waals surface area contributed by atoms with Crippen LogP contribution in [0.3, 0.4) is 0 Å². The van der Waals surface area contributed by atoms with Crippen molar-refractivity contribution in [1.82, 2.24) is 9.80 Å². The normalized spacial score (nSPS) is 19.9. The molecule has 18 heavy (non-hydrogen) atoms. The molecule has 0 aromatic heterocycles. The van der Waals surface area contributed by atoms with Crippen molar-refractivity contribution in [2.45, 2.75) is 25.6 Å². The molecule has 2 N–H and O–H groups in total. The minimum atomic E-state index is 0.0317. The van der Waals surface area contributed by atoms with Gasteiger partial charge in [0, 0.05) is 26.7 Å². The molecule has 1 aliphatic rings. The number of nitrogens with zero attached hydrogens (tertiary/aromatic N) is 2. The summed E-state index contributed by atoms with van der Waals surface area (Å²) < 4.78 is 0. The van der Waals surface area contributed by atoms with Gasteiger partial charge in [0.2, 0.25) is 5.91 Å². The van der Waals surface area contributed by atoms with E-state index in [1.54, 1.807) is 4.90 Å². The monoisotopic (exact) mass is 247 g/mol. The molecule has 98 valence electrons. The van der Waals surface area contributed by atoms with E-state index >= 15 is 0 Å². The molecule has 0 bridgehead atoms. The van der Waals surface area contributed by atoms with Crippen LogP contribution in [0.1, 0.15) is 17.5 Å². The second-order valence-electron chi connectivity index (χ2n) is 5.00. The Labute approximate surface area is 108 Å². The Morgan fingerprint density at radius 1 is 1.33 bits per heavy atom. The fourth-order valence-corrected chi connectivity index (χ4v) is 2.39.